The number of aliphatic hydroxyl groups is 1. The van der Waals surface area contributed by atoms with E-state index in [1.54, 1.807) is 0 Å². The molecule has 0 aliphatic heterocycles. The Kier molecular flexibility index (Phi) is 6.69. The number of amides is 1. The summed E-state index contributed by atoms with van der Waals surface area (Å²) in [5.74, 6) is 1.64. The predicted octanol–water partition coefficient (Wildman–Crippen LogP) is 2.82. The Balaban J connectivity index is 0.000000199. The van der Waals surface area contributed by atoms with Gasteiger partial charge in [0.15, 0.2) is 0 Å². The van der Waals surface area contributed by atoms with Crippen molar-refractivity contribution in [3.8, 4) is 0 Å². The van der Waals surface area contributed by atoms with Gasteiger partial charge in [-0.2, -0.15) is 0 Å². The summed E-state index contributed by atoms with van der Waals surface area (Å²) >= 11 is 0. The number of hydrogen-bond donors (Lipinski definition) is 1. The van der Waals surface area contributed by atoms with Crippen molar-refractivity contribution < 1.29 is 9.90 Å². The van der Waals surface area contributed by atoms with Crippen LogP contribution < -0.4 is 0 Å². The Bertz CT molecular complexity index is 229. The van der Waals surface area contributed by atoms with Crippen molar-refractivity contribution in [1.29, 1.82) is 0 Å². The van der Waals surface area contributed by atoms with Crippen LogP contribution in [0.4, 0.5) is 0 Å². The van der Waals surface area contributed by atoms with Gasteiger partial charge in [-0.3, -0.25) is 4.79 Å². The highest BCUT2D eigenvalue weighted by atomic mass is 16.3. The van der Waals surface area contributed by atoms with Gasteiger partial charge in [0.05, 0.1) is 6.10 Å². The SMILES string of the molecule is CC1CCC(N(C)C=O)CC1.CC1CCC(O)C1. The lowest BCUT2D eigenvalue weighted by Gasteiger charge is -2.31. The summed E-state index contributed by atoms with van der Waals surface area (Å²) in [6, 6.07) is 0.517. The molecule has 0 aromatic rings. The van der Waals surface area contributed by atoms with Gasteiger partial charge in [0.25, 0.3) is 0 Å². The molecule has 2 aliphatic rings. The van der Waals surface area contributed by atoms with Gasteiger partial charge in [-0.25, -0.2) is 0 Å². The highest BCUT2D eigenvalue weighted by molar-refractivity contribution is 5.47. The Labute approximate surface area is 112 Å². The molecule has 0 radical (unpaired) electrons. The molecule has 3 nitrogen and oxygen atoms in total. The van der Waals surface area contributed by atoms with Crippen LogP contribution in [0.15, 0.2) is 0 Å². The third-order valence-corrected chi connectivity index (χ3v) is 4.39. The molecule has 2 aliphatic carbocycles. The molecule has 2 saturated carbocycles. The van der Waals surface area contributed by atoms with Crippen molar-refractivity contribution in [2.75, 3.05) is 7.05 Å². The van der Waals surface area contributed by atoms with Crippen molar-refractivity contribution in [2.45, 2.75) is 70.9 Å². The van der Waals surface area contributed by atoms with Crippen molar-refractivity contribution in [2.24, 2.45) is 11.8 Å². The van der Waals surface area contributed by atoms with Crippen molar-refractivity contribution in [3.63, 3.8) is 0 Å². The molecule has 0 saturated heterocycles. The second-order valence-corrected chi connectivity index (χ2v) is 6.26. The molecule has 2 fully saturated rings. The van der Waals surface area contributed by atoms with Gasteiger partial charge < -0.3 is 10.0 Å². The average molecular weight is 255 g/mol. The molecule has 0 heterocycles. The van der Waals surface area contributed by atoms with Gasteiger partial charge in [0.1, 0.15) is 0 Å². The fraction of sp³-hybridized carbons (Fsp3) is 0.933. The van der Waals surface area contributed by atoms with E-state index >= 15 is 0 Å². The number of carbonyl (C=O) groups excluding carboxylic acids is 1. The van der Waals surface area contributed by atoms with E-state index in [1.807, 2.05) is 11.9 Å². The smallest absolute Gasteiger partial charge is 0.209 e. The summed E-state index contributed by atoms with van der Waals surface area (Å²) < 4.78 is 0. The topological polar surface area (TPSA) is 40.5 Å². The van der Waals surface area contributed by atoms with Crippen LogP contribution in [0.25, 0.3) is 0 Å². The molecule has 0 aromatic heterocycles. The zero-order chi connectivity index (χ0) is 13.5. The Hall–Kier alpha value is -0.570. The maximum atomic E-state index is 10.4. The first-order valence-electron chi connectivity index (χ1n) is 7.38. The van der Waals surface area contributed by atoms with E-state index in [2.05, 4.69) is 13.8 Å². The molecular weight excluding hydrogens is 226 g/mol. The van der Waals surface area contributed by atoms with E-state index < -0.39 is 0 Å². The number of hydrogen-bond acceptors (Lipinski definition) is 2. The van der Waals surface area contributed by atoms with Crippen LogP contribution in [0.5, 0.6) is 0 Å². The second kappa shape index (κ2) is 7.78. The lowest BCUT2D eigenvalue weighted by molar-refractivity contribution is -0.119. The number of nitrogens with zero attached hydrogens (tertiary/aromatic N) is 1. The van der Waals surface area contributed by atoms with Crippen LogP contribution in [0, 0.1) is 11.8 Å². The summed E-state index contributed by atoms with van der Waals surface area (Å²) in [7, 11) is 1.88. The van der Waals surface area contributed by atoms with Crippen molar-refractivity contribution in [3.05, 3.63) is 0 Å². The quantitative estimate of drug-likeness (QED) is 0.771. The normalized spacial score (nSPS) is 35.6. The Morgan fingerprint density at radius 3 is 1.89 bits per heavy atom. The maximum absolute atomic E-state index is 10.4. The molecule has 3 heteroatoms. The minimum absolute atomic E-state index is 0.0231. The van der Waals surface area contributed by atoms with Crippen LogP contribution >= 0.6 is 0 Å². The summed E-state index contributed by atoms with van der Waals surface area (Å²) in [4.78, 5) is 12.2. The van der Waals surface area contributed by atoms with Gasteiger partial charge in [0, 0.05) is 13.1 Å². The third kappa shape index (κ3) is 5.38. The predicted molar refractivity (Wildman–Crippen MR) is 74.3 cm³/mol. The van der Waals surface area contributed by atoms with Gasteiger partial charge in [-0.1, -0.05) is 13.8 Å². The molecule has 2 unspecified atom stereocenters. The summed E-state index contributed by atoms with van der Waals surface area (Å²) in [6.45, 7) is 4.48. The largest absolute Gasteiger partial charge is 0.393 e. The Morgan fingerprint density at radius 2 is 1.56 bits per heavy atom. The molecule has 0 spiro atoms. The molecule has 18 heavy (non-hydrogen) atoms. The van der Waals surface area contributed by atoms with E-state index in [0.29, 0.717) is 6.04 Å². The number of carbonyl (C=O) groups is 1. The second-order valence-electron chi connectivity index (χ2n) is 6.26. The fourth-order valence-electron chi connectivity index (χ4n) is 2.91. The van der Waals surface area contributed by atoms with E-state index in [0.717, 1.165) is 31.1 Å². The van der Waals surface area contributed by atoms with Crippen LogP contribution in [0.3, 0.4) is 0 Å². The zero-order valence-electron chi connectivity index (χ0n) is 12.1. The first-order valence-corrected chi connectivity index (χ1v) is 7.38. The zero-order valence-corrected chi connectivity index (χ0v) is 12.1. The lowest BCUT2D eigenvalue weighted by Crippen LogP contribution is -2.33. The van der Waals surface area contributed by atoms with Gasteiger partial charge in [-0.15, -0.1) is 0 Å². The van der Waals surface area contributed by atoms with Crippen molar-refractivity contribution >= 4 is 6.41 Å². The summed E-state index contributed by atoms with van der Waals surface area (Å²) in [5, 5.41) is 8.90. The molecular formula is C15H29NO2. The number of rotatable bonds is 2. The minimum atomic E-state index is 0.0231. The summed E-state index contributed by atoms with van der Waals surface area (Å²) in [6.07, 6.45) is 9.19. The monoisotopic (exact) mass is 255 g/mol. The molecule has 2 atom stereocenters. The molecule has 1 amide bonds. The molecule has 1 N–H and O–H groups in total. The number of aliphatic hydroxyl groups excluding tert-OH is 1. The molecule has 106 valence electrons. The standard InChI is InChI=1S/C9H17NO.C6H12O/c1-8-3-5-9(6-4-8)10(2)7-11;1-5-2-3-6(7)4-5/h7-9H,3-6H2,1-2H3;5-7H,2-4H2,1H3. The van der Waals surface area contributed by atoms with Crippen LogP contribution in [-0.2, 0) is 4.79 Å². The van der Waals surface area contributed by atoms with Gasteiger partial charge in [0.2, 0.25) is 6.41 Å². The first kappa shape index (κ1) is 15.5. The van der Waals surface area contributed by atoms with E-state index in [9.17, 15) is 4.79 Å². The van der Waals surface area contributed by atoms with Gasteiger partial charge >= 0.3 is 0 Å². The van der Waals surface area contributed by atoms with Crippen molar-refractivity contribution in [1.82, 2.24) is 4.90 Å². The lowest BCUT2D eigenvalue weighted by atomic mass is 9.87. The molecule has 2 rings (SSSR count). The average Bonchev–Trinajstić information content (AvgIpc) is 2.74. The highest BCUT2D eigenvalue weighted by Gasteiger charge is 2.20. The maximum Gasteiger partial charge on any atom is 0.209 e. The first-order chi connectivity index (χ1) is 8.52. The van der Waals surface area contributed by atoms with E-state index in [4.69, 9.17) is 5.11 Å². The summed E-state index contributed by atoms with van der Waals surface area (Å²) in [5.41, 5.74) is 0. The Morgan fingerprint density at radius 1 is 1.00 bits per heavy atom. The van der Waals surface area contributed by atoms with Crippen LogP contribution in [0.2, 0.25) is 0 Å². The van der Waals surface area contributed by atoms with Crippen LogP contribution in [0.1, 0.15) is 58.8 Å². The molecule has 0 bridgehead atoms. The van der Waals surface area contributed by atoms with E-state index in [1.165, 1.54) is 32.1 Å². The fourth-order valence-corrected chi connectivity index (χ4v) is 2.91. The van der Waals surface area contributed by atoms with Gasteiger partial charge in [-0.05, 0) is 56.8 Å². The highest BCUT2D eigenvalue weighted by Crippen LogP contribution is 2.25. The third-order valence-electron chi connectivity index (χ3n) is 4.39. The van der Waals surface area contributed by atoms with Crippen LogP contribution in [-0.4, -0.2) is 35.6 Å². The van der Waals surface area contributed by atoms with E-state index in [-0.39, 0.29) is 6.10 Å². The molecule has 0 aromatic carbocycles. The minimum Gasteiger partial charge on any atom is -0.393 e.